The highest BCUT2D eigenvalue weighted by molar-refractivity contribution is 5.87. The van der Waals surface area contributed by atoms with Gasteiger partial charge >= 0.3 is 5.97 Å². The minimum Gasteiger partial charge on any atom is -0.455 e. The quantitative estimate of drug-likeness (QED) is 0.572. The van der Waals surface area contributed by atoms with Crippen molar-refractivity contribution in [1.82, 2.24) is 0 Å². The summed E-state index contributed by atoms with van der Waals surface area (Å²) >= 11 is 0. The van der Waals surface area contributed by atoms with E-state index in [2.05, 4.69) is 6.58 Å². The van der Waals surface area contributed by atoms with Crippen molar-refractivity contribution < 1.29 is 14.6 Å². The predicted molar refractivity (Wildman–Crippen MR) is 58.7 cm³/mol. The molecule has 0 aliphatic heterocycles. The van der Waals surface area contributed by atoms with E-state index in [0.29, 0.717) is 23.8 Å². The molecule has 0 aromatic heterocycles. The van der Waals surface area contributed by atoms with E-state index in [0.717, 1.165) is 25.7 Å². The minimum absolute atomic E-state index is 0.295. The van der Waals surface area contributed by atoms with E-state index in [4.69, 9.17) is 4.74 Å². The normalized spacial score (nSPS) is 48.4. The van der Waals surface area contributed by atoms with Gasteiger partial charge in [0.15, 0.2) is 0 Å². The van der Waals surface area contributed by atoms with Crippen molar-refractivity contribution in [2.24, 2.45) is 11.8 Å². The second-order valence-electron chi connectivity index (χ2n) is 6.05. The number of esters is 1. The molecule has 0 heterocycles. The lowest BCUT2D eigenvalue weighted by atomic mass is 9.78. The summed E-state index contributed by atoms with van der Waals surface area (Å²) in [5, 5.41) is 10.3. The van der Waals surface area contributed by atoms with Crippen molar-refractivity contribution >= 4 is 5.97 Å². The summed E-state index contributed by atoms with van der Waals surface area (Å²) in [6.45, 7) is 5.29. The Kier molecular flexibility index (Phi) is 1.87. The molecule has 1 N–H and O–H groups in total. The lowest BCUT2D eigenvalue weighted by molar-refractivity contribution is -0.160. The molecular formula is C13H18O3. The zero-order valence-corrected chi connectivity index (χ0v) is 9.66. The highest BCUT2D eigenvalue weighted by atomic mass is 16.6. The maximum absolute atomic E-state index is 11.7. The van der Waals surface area contributed by atoms with Crippen LogP contribution in [-0.2, 0) is 9.53 Å². The molecule has 3 nitrogen and oxygen atoms in total. The lowest BCUT2D eigenvalue weighted by Gasteiger charge is -2.36. The van der Waals surface area contributed by atoms with Crippen LogP contribution in [0.3, 0.4) is 0 Å². The molecule has 4 aliphatic carbocycles. The van der Waals surface area contributed by atoms with Gasteiger partial charge in [-0.25, -0.2) is 4.79 Å². The maximum Gasteiger partial charge on any atom is 0.333 e. The fraction of sp³-hybridized carbons (Fsp3) is 0.769. The molecule has 4 fully saturated rings. The topological polar surface area (TPSA) is 46.5 Å². The van der Waals surface area contributed by atoms with Gasteiger partial charge in [0, 0.05) is 17.9 Å². The zero-order chi connectivity index (χ0) is 11.6. The average Bonchev–Trinajstić information content (AvgIpc) is 2.46. The molecule has 88 valence electrons. The number of hydrogen-bond donors (Lipinski definition) is 1. The Bertz CT molecular complexity index is 375. The Labute approximate surface area is 95.5 Å². The Hall–Kier alpha value is -0.830. The third-order valence-electron chi connectivity index (χ3n) is 4.56. The van der Waals surface area contributed by atoms with Gasteiger partial charge < -0.3 is 9.84 Å². The van der Waals surface area contributed by atoms with Crippen molar-refractivity contribution in [3.05, 3.63) is 12.2 Å². The van der Waals surface area contributed by atoms with Crippen LogP contribution in [0.5, 0.6) is 0 Å². The van der Waals surface area contributed by atoms with Crippen LogP contribution in [0.4, 0.5) is 0 Å². The number of aliphatic hydroxyl groups is 1. The second-order valence-corrected chi connectivity index (χ2v) is 6.05. The molecule has 0 spiro atoms. The molecule has 4 atom stereocenters. The standard InChI is InChI=1S/C13H18O3/c1-8(2)11(14)16-13-5-9-3-10(13)6-12(15,4-9)7-13/h9-10,15H,1,3-7H2,2H3. The first-order chi connectivity index (χ1) is 7.42. The van der Waals surface area contributed by atoms with Gasteiger partial charge in [-0.2, -0.15) is 0 Å². The van der Waals surface area contributed by atoms with Gasteiger partial charge in [-0.15, -0.1) is 0 Å². The van der Waals surface area contributed by atoms with Crippen LogP contribution in [-0.4, -0.2) is 22.3 Å². The summed E-state index contributed by atoms with van der Waals surface area (Å²) in [5.41, 5.74) is -0.470. The van der Waals surface area contributed by atoms with Crippen LogP contribution < -0.4 is 0 Å². The first kappa shape index (κ1) is 10.3. The molecule has 4 rings (SSSR count). The summed E-state index contributed by atoms with van der Waals surface area (Å²) < 4.78 is 5.65. The molecule has 3 heteroatoms. The van der Waals surface area contributed by atoms with Crippen molar-refractivity contribution in [3.8, 4) is 0 Å². The lowest BCUT2D eigenvalue weighted by Crippen LogP contribution is -2.41. The van der Waals surface area contributed by atoms with Crippen LogP contribution in [0.1, 0.15) is 39.0 Å². The predicted octanol–water partition coefficient (Wildman–Crippen LogP) is 1.80. The molecule has 0 amide bonds. The van der Waals surface area contributed by atoms with Crippen LogP contribution in [0, 0.1) is 11.8 Å². The van der Waals surface area contributed by atoms with Crippen molar-refractivity contribution in [2.75, 3.05) is 0 Å². The number of carbonyl (C=O) groups is 1. The molecule has 4 saturated carbocycles. The molecule has 16 heavy (non-hydrogen) atoms. The molecular weight excluding hydrogens is 204 g/mol. The highest BCUT2D eigenvalue weighted by Gasteiger charge is 2.65. The average molecular weight is 222 g/mol. The molecule has 4 aliphatic rings. The van der Waals surface area contributed by atoms with Gasteiger partial charge in [-0.05, 0) is 38.5 Å². The van der Waals surface area contributed by atoms with E-state index in [1.807, 2.05) is 0 Å². The molecule has 4 bridgehead atoms. The van der Waals surface area contributed by atoms with Gasteiger partial charge in [-0.1, -0.05) is 6.58 Å². The van der Waals surface area contributed by atoms with Crippen LogP contribution in [0.25, 0.3) is 0 Å². The third-order valence-corrected chi connectivity index (χ3v) is 4.56. The van der Waals surface area contributed by atoms with E-state index in [1.165, 1.54) is 0 Å². The molecule has 0 radical (unpaired) electrons. The van der Waals surface area contributed by atoms with Crippen molar-refractivity contribution in [3.63, 3.8) is 0 Å². The number of rotatable bonds is 2. The fourth-order valence-corrected chi connectivity index (χ4v) is 4.21. The number of carbonyl (C=O) groups excluding carboxylic acids is 1. The first-order valence-corrected chi connectivity index (χ1v) is 6.04. The number of ether oxygens (including phenoxy) is 1. The summed E-state index contributed by atoms with van der Waals surface area (Å²) in [7, 11) is 0. The Morgan fingerprint density at radius 3 is 2.81 bits per heavy atom. The molecule has 0 aromatic carbocycles. The van der Waals surface area contributed by atoms with E-state index in [-0.39, 0.29) is 11.6 Å². The highest BCUT2D eigenvalue weighted by Crippen LogP contribution is 2.63. The van der Waals surface area contributed by atoms with Gasteiger partial charge in [0.1, 0.15) is 5.60 Å². The summed E-state index contributed by atoms with van der Waals surface area (Å²) in [4.78, 5) is 11.7. The molecule has 0 saturated heterocycles. The van der Waals surface area contributed by atoms with Gasteiger partial charge in [0.2, 0.25) is 0 Å². The summed E-state index contributed by atoms with van der Waals surface area (Å²) in [6.07, 6.45) is 4.41. The third kappa shape index (κ3) is 1.27. The van der Waals surface area contributed by atoms with Crippen molar-refractivity contribution in [1.29, 1.82) is 0 Å². The Morgan fingerprint density at radius 1 is 1.44 bits per heavy atom. The molecule has 0 aromatic rings. The van der Waals surface area contributed by atoms with Crippen LogP contribution in [0.2, 0.25) is 0 Å². The Balaban J connectivity index is 1.85. The fourth-order valence-electron chi connectivity index (χ4n) is 4.21. The summed E-state index contributed by atoms with van der Waals surface area (Å²) in [6, 6.07) is 0. The largest absolute Gasteiger partial charge is 0.455 e. The number of hydrogen-bond acceptors (Lipinski definition) is 3. The van der Waals surface area contributed by atoms with E-state index in [9.17, 15) is 9.90 Å². The SMILES string of the molecule is C=C(C)C(=O)OC12CC3CC1CC(O)(C3)C2. The van der Waals surface area contributed by atoms with E-state index in [1.54, 1.807) is 6.92 Å². The smallest absolute Gasteiger partial charge is 0.333 e. The van der Waals surface area contributed by atoms with Gasteiger partial charge in [0.25, 0.3) is 0 Å². The Morgan fingerprint density at radius 2 is 2.19 bits per heavy atom. The van der Waals surface area contributed by atoms with E-state index >= 15 is 0 Å². The van der Waals surface area contributed by atoms with Gasteiger partial charge in [-0.3, -0.25) is 0 Å². The maximum atomic E-state index is 11.7. The monoisotopic (exact) mass is 222 g/mol. The summed E-state index contributed by atoms with van der Waals surface area (Å²) in [5.74, 6) is 0.631. The molecule has 4 unspecified atom stereocenters. The van der Waals surface area contributed by atoms with Gasteiger partial charge in [0.05, 0.1) is 5.60 Å². The van der Waals surface area contributed by atoms with Crippen LogP contribution >= 0.6 is 0 Å². The first-order valence-electron chi connectivity index (χ1n) is 6.04. The minimum atomic E-state index is -0.554. The zero-order valence-electron chi connectivity index (χ0n) is 9.66. The van der Waals surface area contributed by atoms with Crippen molar-refractivity contribution in [2.45, 2.75) is 50.2 Å². The second kappa shape index (κ2) is 2.89. The van der Waals surface area contributed by atoms with Crippen LogP contribution in [0.15, 0.2) is 12.2 Å². The van der Waals surface area contributed by atoms with E-state index < -0.39 is 5.60 Å².